The molecule has 2 amide bonds. The molecule has 2 aromatic rings. The number of thioether (sulfide) groups is 1. The second kappa shape index (κ2) is 7.32. The van der Waals surface area contributed by atoms with Crippen LogP contribution < -0.4 is 5.32 Å². The van der Waals surface area contributed by atoms with Gasteiger partial charge >= 0.3 is 0 Å². The van der Waals surface area contributed by atoms with Crippen molar-refractivity contribution in [1.29, 1.82) is 0 Å². The van der Waals surface area contributed by atoms with Crippen LogP contribution >= 0.6 is 11.8 Å². The van der Waals surface area contributed by atoms with Crippen LogP contribution in [0.2, 0.25) is 0 Å². The minimum atomic E-state index is -0.0414. The van der Waals surface area contributed by atoms with E-state index in [1.807, 2.05) is 41.3 Å². The zero-order chi connectivity index (χ0) is 19.1. The van der Waals surface area contributed by atoms with Crippen LogP contribution in [0.4, 0.5) is 0 Å². The molecule has 1 aromatic carbocycles. The van der Waals surface area contributed by atoms with Gasteiger partial charge in [-0.3, -0.25) is 9.59 Å². The number of benzene rings is 1. The molecule has 1 N–H and O–H groups in total. The molecular weight excluding hydrogens is 372 g/mol. The highest BCUT2D eigenvalue weighted by molar-refractivity contribution is 8.00. The summed E-state index contributed by atoms with van der Waals surface area (Å²) in [6.07, 6.45) is 6.63. The molecular formula is C22H24N2O3S. The molecule has 2 aliphatic carbocycles. The molecule has 6 heteroatoms. The molecule has 0 unspecified atom stereocenters. The summed E-state index contributed by atoms with van der Waals surface area (Å²) in [5.41, 5.74) is 1.73. The van der Waals surface area contributed by atoms with E-state index in [4.69, 9.17) is 4.42 Å². The normalized spacial score (nSPS) is 28.9. The fourth-order valence-corrected chi connectivity index (χ4v) is 6.13. The molecule has 3 fully saturated rings. The lowest BCUT2D eigenvalue weighted by Crippen LogP contribution is -2.38. The number of hydrogen-bond acceptors (Lipinski definition) is 4. The fourth-order valence-electron chi connectivity index (χ4n) is 4.94. The number of carbonyl (C=O) groups is 2. The second-order valence-electron chi connectivity index (χ2n) is 8.14. The van der Waals surface area contributed by atoms with E-state index in [0.29, 0.717) is 29.8 Å². The Hall–Kier alpha value is -2.21. The van der Waals surface area contributed by atoms with Gasteiger partial charge in [0.15, 0.2) is 0 Å². The molecule has 4 atom stereocenters. The number of nitrogens with one attached hydrogen (secondary N) is 1. The molecule has 5 rings (SSSR count). The lowest BCUT2D eigenvalue weighted by atomic mass is 9.95. The van der Waals surface area contributed by atoms with Crippen LogP contribution in [-0.4, -0.2) is 28.5 Å². The maximum absolute atomic E-state index is 12.6. The Labute approximate surface area is 168 Å². The summed E-state index contributed by atoms with van der Waals surface area (Å²) < 4.78 is 5.41. The van der Waals surface area contributed by atoms with Crippen LogP contribution in [0.1, 0.15) is 52.7 Å². The predicted molar refractivity (Wildman–Crippen MR) is 108 cm³/mol. The van der Waals surface area contributed by atoms with Gasteiger partial charge in [0.25, 0.3) is 5.91 Å². The summed E-state index contributed by atoms with van der Waals surface area (Å²) in [6, 6.07) is 11.8. The Morgan fingerprint density at radius 1 is 1.18 bits per heavy atom. The van der Waals surface area contributed by atoms with E-state index in [2.05, 4.69) is 5.32 Å². The molecule has 1 aliphatic heterocycles. The largest absolute Gasteiger partial charge is 0.467 e. The summed E-state index contributed by atoms with van der Waals surface area (Å²) >= 11 is 1.62. The monoisotopic (exact) mass is 396 g/mol. The first-order valence-electron chi connectivity index (χ1n) is 10.0. The zero-order valence-electron chi connectivity index (χ0n) is 15.7. The summed E-state index contributed by atoms with van der Waals surface area (Å²) in [7, 11) is 0. The van der Waals surface area contributed by atoms with Gasteiger partial charge in [-0.1, -0.05) is 18.6 Å². The Bertz CT molecular complexity index is 864. The van der Waals surface area contributed by atoms with E-state index in [9.17, 15) is 9.59 Å². The van der Waals surface area contributed by atoms with Crippen molar-refractivity contribution < 1.29 is 14.0 Å². The van der Waals surface area contributed by atoms with Gasteiger partial charge in [0.05, 0.1) is 18.6 Å². The average Bonchev–Trinajstić information content (AvgIpc) is 3.49. The minimum absolute atomic E-state index is 0.0201. The number of carbonyl (C=O) groups excluding carboxylic acids is 2. The maximum atomic E-state index is 12.6. The summed E-state index contributed by atoms with van der Waals surface area (Å²) in [4.78, 5) is 26.8. The fraction of sp³-hybridized carbons (Fsp3) is 0.455. The minimum Gasteiger partial charge on any atom is -0.467 e. The van der Waals surface area contributed by atoms with Gasteiger partial charge in [0.2, 0.25) is 5.91 Å². The molecule has 146 valence electrons. The Morgan fingerprint density at radius 2 is 2.04 bits per heavy atom. The smallest absolute Gasteiger partial charge is 0.251 e. The van der Waals surface area contributed by atoms with Crippen LogP contribution in [0.25, 0.3) is 0 Å². The Balaban J connectivity index is 1.26. The van der Waals surface area contributed by atoms with Crippen LogP contribution in [0.3, 0.4) is 0 Å². The topological polar surface area (TPSA) is 62.6 Å². The van der Waals surface area contributed by atoms with E-state index in [1.54, 1.807) is 18.0 Å². The molecule has 0 radical (unpaired) electrons. The number of furan rings is 1. The number of amides is 2. The standard InChI is InChI=1S/C22H24N2O3S/c25-20-13-28-22(24(20)12-18-2-1-9-27-18)16-7-5-15(6-8-16)21(26)23-19-11-14-3-4-17(19)10-14/h1-2,5-9,14,17,19,22H,3-4,10-13H2,(H,23,26)/t14-,17-,19-,22-/m0/s1. The average molecular weight is 397 g/mol. The lowest BCUT2D eigenvalue weighted by molar-refractivity contribution is -0.128. The number of fused-ring (bicyclic) bond motifs is 2. The number of rotatable bonds is 5. The van der Waals surface area contributed by atoms with Crippen LogP contribution in [0.15, 0.2) is 47.1 Å². The first kappa shape index (κ1) is 17.9. The van der Waals surface area contributed by atoms with Crippen molar-refractivity contribution in [2.24, 2.45) is 11.8 Å². The first-order chi connectivity index (χ1) is 13.7. The first-order valence-corrected chi connectivity index (χ1v) is 11.1. The molecule has 28 heavy (non-hydrogen) atoms. The van der Waals surface area contributed by atoms with E-state index < -0.39 is 0 Å². The summed E-state index contributed by atoms with van der Waals surface area (Å²) in [5, 5.41) is 3.20. The molecule has 1 aromatic heterocycles. The van der Waals surface area contributed by atoms with Crippen LogP contribution in [0.5, 0.6) is 0 Å². The third kappa shape index (κ3) is 3.34. The van der Waals surface area contributed by atoms with Crippen molar-refractivity contribution in [3.05, 3.63) is 59.5 Å². The Kier molecular flexibility index (Phi) is 4.67. The van der Waals surface area contributed by atoms with Crippen molar-refractivity contribution in [3.63, 3.8) is 0 Å². The maximum Gasteiger partial charge on any atom is 0.251 e. The van der Waals surface area contributed by atoms with Gasteiger partial charge in [-0.15, -0.1) is 11.8 Å². The summed E-state index contributed by atoms with van der Waals surface area (Å²) in [6.45, 7) is 0.468. The van der Waals surface area contributed by atoms with Crippen LogP contribution in [0, 0.1) is 11.8 Å². The molecule has 3 aliphatic rings. The second-order valence-corrected chi connectivity index (χ2v) is 9.21. The van der Waals surface area contributed by atoms with Crippen molar-refractivity contribution in [3.8, 4) is 0 Å². The van der Waals surface area contributed by atoms with E-state index in [1.165, 1.54) is 19.3 Å². The van der Waals surface area contributed by atoms with Gasteiger partial charge in [-0.25, -0.2) is 0 Å². The third-order valence-corrected chi connectivity index (χ3v) is 7.64. The lowest BCUT2D eigenvalue weighted by Gasteiger charge is -2.24. The SMILES string of the molecule is O=C(N[C@H]1C[C@H]2CC[C@H]1C2)c1ccc([C@@H]2SCC(=O)N2Cc2ccco2)cc1. The Morgan fingerprint density at radius 3 is 2.71 bits per heavy atom. The van der Waals surface area contributed by atoms with Gasteiger partial charge in [0, 0.05) is 11.6 Å². The number of nitrogens with zero attached hydrogens (tertiary/aromatic N) is 1. The zero-order valence-corrected chi connectivity index (χ0v) is 16.5. The molecule has 2 bridgehead atoms. The van der Waals surface area contributed by atoms with Crippen molar-refractivity contribution in [2.75, 3.05) is 5.75 Å². The van der Waals surface area contributed by atoms with Crippen molar-refractivity contribution in [2.45, 2.75) is 43.6 Å². The summed E-state index contributed by atoms with van der Waals surface area (Å²) in [5.74, 6) is 2.87. The van der Waals surface area contributed by atoms with Gasteiger partial charge in [-0.05, 0) is 60.9 Å². The number of hydrogen-bond donors (Lipinski definition) is 1. The van der Waals surface area contributed by atoms with Gasteiger partial charge < -0.3 is 14.6 Å². The predicted octanol–water partition coefficient (Wildman–Crippen LogP) is 3.97. The molecule has 1 saturated heterocycles. The van der Waals surface area contributed by atoms with E-state index in [0.717, 1.165) is 23.7 Å². The van der Waals surface area contributed by atoms with Gasteiger partial charge in [-0.2, -0.15) is 0 Å². The highest BCUT2D eigenvalue weighted by Crippen LogP contribution is 2.44. The van der Waals surface area contributed by atoms with Crippen molar-refractivity contribution in [1.82, 2.24) is 10.2 Å². The third-order valence-electron chi connectivity index (χ3n) is 6.39. The highest BCUT2D eigenvalue weighted by Gasteiger charge is 2.40. The van der Waals surface area contributed by atoms with E-state index >= 15 is 0 Å². The molecule has 5 nitrogen and oxygen atoms in total. The quantitative estimate of drug-likeness (QED) is 0.831. The highest BCUT2D eigenvalue weighted by atomic mass is 32.2. The van der Waals surface area contributed by atoms with E-state index in [-0.39, 0.29) is 17.2 Å². The van der Waals surface area contributed by atoms with Crippen molar-refractivity contribution >= 4 is 23.6 Å². The van der Waals surface area contributed by atoms with Gasteiger partial charge in [0.1, 0.15) is 11.1 Å². The molecule has 0 spiro atoms. The van der Waals surface area contributed by atoms with Crippen LogP contribution in [-0.2, 0) is 11.3 Å². The molecule has 2 saturated carbocycles. The molecule has 2 heterocycles.